The summed E-state index contributed by atoms with van der Waals surface area (Å²) in [5.74, 6) is -1.07. The third-order valence-corrected chi connectivity index (χ3v) is 5.10. The van der Waals surface area contributed by atoms with E-state index in [1.807, 2.05) is 68.5 Å². The predicted octanol–water partition coefficient (Wildman–Crippen LogP) is 5.97. The van der Waals surface area contributed by atoms with Gasteiger partial charge >= 0.3 is 0 Å². The first-order valence-corrected chi connectivity index (χ1v) is 10.5. The Balaban J connectivity index is 0.000000309. The molecule has 2 N–H and O–H groups in total. The summed E-state index contributed by atoms with van der Waals surface area (Å²) in [6.07, 6.45) is 9.50. The number of nitrogens with two attached hydrogens (primary N) is 1. The highest BCUT2D eigenvalue weighted by Crippen LogP contribution is 2.35. The van der Waals surface area contributed by atoms with Gasteiger partial charge in [-0.2, -0.15) is 0 Å². The van der Waals surface area contributed by atoms with Crippen molar-refractivity contribution in [2.45, 2.75) is 32.9 Å². The molecule has 0 aromatic heterocycles. The van der Waals surface area contributed by atoms with Crippen LogP contribution in [0.3, 0.4) is 0 Å². The Morgan fingerprint density at radius 1 is 1.22 bits per heavy atom. The summed E-state index contributed by atoms with van der Waals surface area (Å²) >= 11 is 0. The van der Waals surface area contributed by atoms with Crippen molar-refractivity contribution in [1.82, 2.24) is 4.90 Å². The first-order valence-electron chi connectivity index (χ1n) is 10.5. The number of hydrogen-bond donors (Lipinski definition) is 1. The molecule has 0 spiro atoms. The summed E-state index contributed by atoms with van der Waals surface area (Å²) in [5, 5.41) is 0. The summed E-state index contributed by atoms with van der Waals surface area (Å²) in [5.41, 5.74) is 8.47. The van der Waals surface area contributed by atoms with Crippen LogP contribution in [-0.4, -0.2) is 23.4 Å². The van der Waals surface area contributed by atoms with E-state index >= 15 is 0 Å². The number of benzene rings is 2. The predicted molar refractivity (Wildman–Crippen MR) is 128 cm³/mol. The van der Waals surface area contributed by atoms with E-state index in [0.29, 0.717) is 5.57 Å². The lowest BCUT2D eigenvalue weighted by Crippen LogP contribution is -2.29. The fraction of sp³-hybridized carbons (Fsp3) is 0.222. The molecule has 5 heteroatoms. The van der Waals surface area contributed by atoms with Crippen LogP contribution in [0.5, 0.6) is 0 Å². The summed E-state index contributed by atoms with van der Waals surface area (Å²) in [7, 11) is 0. The zero-order chi connectivity index (χ0) is 23.7. The van der Waals surface area contributed by atoms with Crippen molar-refractivity contribution in [3.63, 3.8) is 0 Å². The summed E-state index contributed by atoms with van der Waals surface area (Å²) in [4.78, 5) is 13.5. The van der Waals surface area contributed by atoms with Crippen molar-refractivity contribution in [2.24, 2.45) is 5.73 Å². The third kappa shape index (κ3) is 6.59. The van der Waals surface area contributed by atoms with Crippen LogP contribution in [0.2, 0.25) is 0 Å². The molecule has 32 heavy (non-hydrogen) atoms. The fourth-order valence-corrected chi connectivity index (χ4v) is 3.38. The fourth-order valence-electron chi connectivity index (χ4n) is 3.38. The molecule has 3 rings (SSSR count). The Labute approximate surface area is 189 Å². The number of rotatable bonds is 5. The molecule has 2 aromatic rings. The average Bonchev–Trinajstić information content (AvgIpc) is 3.22. The van der Waals surface area contributed by atoms with Gasteiger partial charge in [0, 0.05) is 25.1 Å². The van der Waals surface area contributed by atoms with E-state index in [9.17, 15) is 13.6 Å². The van der Waals surface area contributed by atoms with E-state index in [0.717, 1.165) is 23.3 Å². The Hall–Kier alpha value is -3.31. The van der Waals surface area contributed by atoms with Gasteiger partial charge < -0.3 is 10.6 Å². The monoisotopic (exact) mass is 436 g/mol. The lowest BCUT2D eigenvalue weighted by Gasteiger charge is -2.23. The molecule has 3 nitrogen and oxygen atoms in total. The Morgan fingerprint density at radius 3 is 2.47 bits per heavy atom. The molecular formula is C27H30F2N2O. The van der Waals surface area contributed by atoms with E-state index in [2.05, 4.69) is 6.58 Å². The number of hydrogen-bond acceptors (Lipinski definition) is 2. The van der Waals surface area contributed by atoms with Gasteiger partial charge in [-0.1, -0.05) is 67.3 Å². The van der Waals surface area contributed by atoms with Crippen LogP contribution >= 0.6 is 0 Å². The summed E-state index contributed by atoms with van der Waals surface area (Å²) in [6, 6.07) is 12.7. The highest BCUT2D eigenvalue weighted by Gasteiger charge is 2.29. The van der Waals surface area contributed by atoms with E-state index < -0.39 is 11.6 Å². The van der Waals surface area contributed by atoms with Crippen molar-refractivity contribution >= 4 is 11.5 Å². The SMILES string of the molecule is C=C/C(=C\C=C/C)C(C)N.CC(=O)N1CC(c2cc(F)ccc2F)=CC1c1ccccc1. The first kappa shape index (κ1) is 25.0. The highest BCUT2D eigenvalue weighted by molar-refractivity contribution is 5.81. The van der Waals surface area contributed by atoms with Gasteiger partial charge in [-0.15, -0.1) is 0 Å². The molecule has 0 saturated heterocycles. The minimum Gasteiger partial charge on any atom is -0.328 e. The molecule has 0 fully saturated rings. The molecule has 1 aliphatic rings. The van der Waals surface area contributed by atoms with Crippen molar-refractivity contribution in [1.29, 1.82) is 0 Å². The maximum atomic E-state index is 14.0. The van der Waals surface area contributed by atoms with E-state index in [4.69, 9.17) is 5.73 Å². The van der Waals surface area contributed by atoms with Gasteiger partial charge in [0.1, 0.15) is 11.6 Å². The van der Waals surface area contributed by atoms with Gasteiger partial charge in [-0.05, 0) is 48.8 Å². The van der Waals surface area contributed by atoms with Crippen molar-refractivity contribution in [3.8, 4) is 0 Å². The molecule has 0 aliphatic carbocycles. The Kier molecular flexibility index (Phi) is 9.29. The number of amides is 1. The molecular weight excluding hydrogens is 406 g/mol. The average molecular weight is 437 g/mol. The van der Waals surface area contributed by atoms with Crippen LogP contribution in [0.4, 0.5) is 8.78 Å². The maximum absolute atomic E-state index is 14.0. The minimum atomic E-state index is -0.491. The van der Waals surface area contributed by atoms with Crippen LogP contribution in [0, 0.1) is 11.6 Å². The number of halogens is 2. The van der Waals surface area contributed by atoms with Gasteiger partial charge in [0.25, 0.3) is 0 Å². The zero-order valence-corrected chi connectivity index (χ0v) is 18.8. The number of allylic oxidation sites excluding steroid dienone is 3. The smallest absolute Gasteiger partial charge is 0.220 e. The largest absolute Gasteiger partial charge is 0.328 e. The number of carbonyl (C=O) groups excluding carboxylic acids is 1. The normalized spacial score (nSPS) is 16.9. The van der Waals surface area contributed by atoms with Gasteiger partial charge in [-0.25, -0.2) is 8.78 Å². The highest BCUT2D eigenvalue weighted by atomic mass is 19.1. The lowest BCUT2D eigenvalue weighted by molar-refractivity contribution is -0.129. The van der Waals surface area contributed by atoms with Crippen LogP contribution in [0.1, 0.15) is 37.9 Å². The van der Waals surface area contributed by atoms with E-state index in [1.54, 1.807) is 11.0 Å². The second-order valence-corrected chi connectivity index (χ2v) is 7.50. The van der Waals surface area contributed by atoms with Crippen LogP contribution < -0.4 is 5.73 Å². The number of nitrogens with zero attached hydrogens (tertiary/aromatic N) is 1. The quantitative estimate of drug-likeness (QED) is 0.587. The number of carbonyl (C=O) groups is 1. The standard InChI is InChI=1S/C18H15F2NO.C9H15N/c1-12(22)21-11-14(16-10-15(19)7-8-17(16)20)9-18(21)13-5-3-2-4-6-13;1-4-6-7-9(5-2)8(3)10/h2-10,18H,11H2,1H3;4-8H,2,10H2,1,3H3/b;6-4-,9-7+. The molecule has 1 heterocycles. The molecule has 2 unspecified atom stereocenters. The molecule has 0 saturated carbocycles. The molecule has 0 bridgehead atoms. The van der Waals surface area contributed by atoms with Crippen LogP contribution in [0.25, 0.3) is 5.57 Å². The van der Waals surface area contributed by atoms with Gasteiger partial charge in [0.05, 0.1) is 6.04 Å². The van der Waals surface area contributed by atoms with Gasteiger partial charge in [0.15, 0.2) is 0 Å². The third-order valence-electron chi connectivity index (χ3n) is 5.10. The molecule has 2 atom stereocenters. The first-order chi connectivity index (χ1) is 15.3. The Bertz CT molecular complexity index is 1020. The van der Waals surface area contributed by atoms with Gasteiger partial charge in [-0.3, -0.25) is 4.79 Å². The van der Waals surface area contributed by atoms with Crippen molar-refractivity contribution in [2.75, 3.05) is 6.54 Å². The van der Waals surface area contributed by atoms with Crippen molar-refractivity contribution < 1.29 is 13.6 Å². The van der Waals surface area contributed by atoms with E-state index in [1.165, 1.54) is 13.0 Å². The summed E-state index contributed by atoms with van der Waals surface area (Å²) < 4.78 is 27.4. The zero-order valence-electron chi connectivity index (χ0n) is 18.8. The molecule has 2 aromatic carbocycles. The Morgan fingerprint density at radius 2 is 1.91 bits per heavy atom. The summed E-state index contributed by atoms with van der Waals surface area (Å²) in [6.45, 7) is 9.32. The molecule has 1 aliphatic heterocycles. The van der Waals surface area contributed by atoms with Crippen LogP contribution in [-0.2, 0) is 4.79 Å². The molecule has 0 radical (unpaired) electrons. The minimum absolute atomic E-state index is 0.0775. The van der Waals surface area contributed by atoms with Crippen molar-refractivity contribution in [3.05, 3.63) is 114 Å². The topological polar surface area (TPSA) is 46.3 Å². The van der Waals surface area contributed by atoms with Crippen LogP contribution in [0.15, 0.2) is 91.1 Å². The maximum Gasteiger partial charge on any atom is 0.220 e. The second kappa shape index (κ2) is 11.9. The molecule has 168 valence electrons. The van der Waals surface area contributed by atoms with Gasteiger partial charge in [0.2, 0.25) is 5.91 Å². The van der Waals surface area contributed by atoms with E-state index in [-0.39, 0.29) is 30.1 Å². The lowest BCUT2D eigenvalue weighted by atomic mass is 10.0. The molecule has 1 amide bonds. The second-order valence-electron chi connectivity index (χ2n) is 7.50.